The number of carbonyl (C=O) groups excluding carboxylic acids is 1. The third-order valence-corrected chi connectivity index (χ3v) is 6.61. The second-order valence-corrected chi connectivity index (χ2v) is 9.41. The highest BCUT2D eigenvalue weighted by molar-refractivity contribution is 5.97. The van der Waals surface area contributed by atoms with E-state index in [0.717, 1.165) is 18.3 Å². The lowest BCUT2D eigenvalue weighted by molar-refractivity contribution is -0.143. The van der Waals surface area contributed by atoms with Gasteiger partial charge in [0.05, 0.1) is 16.6 Å². The number of amides is 1. The molecule has 2 heterocycles. The first-order valence-corrected chi connectivity index (χ1v) is 12.1. The molecule has 2 atom stereocenters. The minimum atomic E-state index is -5.04. The average molecular weight is 554 g/mol. The first-order chi connectivity index (χ1) is 18.3. The summed E-state index contributed by atoms with van der Waals surface area (Å²) in [6.07, 6.45) is -8.65. The summed E-state index contributed by atoms with van der Waals surface area (Å²) in [7, 11) is 0. The molecule has 1 aliphatic heterocycles. The molecule has 208 valence electrons. The number of likely N-dealkylation sites (tertiary alicyclic amines) is 1. The van der Waals surface area contributed by atoms with Crippen molar-refractivity contribution in [1.29, 1.82) is 0 Å². The van der Waals surface area contributed by atoms with Crippen LogP contribution in [0.4, 0.5) is 26.3 Å². The van der Waals surface area contributed by atoms with Crippen molar-refractivity contribution in [2.24, 2.45) is 5.92 Å². The number of piperidine rings is 1. The van der Waals surface area contributed by atoms with E-state index in [0.29, 0.717) is 31.5 Å². The van der Waals surface area contributed by atoms with E-state index in [2.05, 4.69) is 4.98 Å². The summed E-state index contributed by atoms with van der Waals surface area (Å²) in [4.78, 5) is 29.6. The Labute approximate surface area is 219 Å². The number of hydrogen-bond donors (Lipinski definition) is 1. The van der Waals surface area contributed by atoms with Crippen molar-refractivity contribution in [3.63, 3.8) is 0 Å². The molecule has 1 saturated heterocycles. The highest BCUT2D eigenvalue weighted by atomic mass is 19.4. The lowest BCUT2D eigenvalue weighted by Crippen LogP contribution is -2.46. The van der Waals surface area contributed by atoms with Gasteiger partial charge in [-0.15, -0.1) is 0 Å². The Morgan fingerprint density at radius 3 is 2.36 bits per heavy atom. The number of halogens is 6. The maximum Gasteiger partial charge on any atom is 0.417 e. The lowest BCUT2D eigenvalue weighted by atomic mass is 9.91. The van der Waals surface area contributed by atoms with Gasteiger partial charge in [0.25, 0.3) is 5.91 Å². The number of ether oxygens (including phenoxy) is 1. The lowest BCUT2D eigenvalue weighted by Gasteiger charge is -2.33. The number of rotatable bonds is 6. The molecule has 1 aliphatic rings. The van der Waals surface area contributed by atoms with E-state index in [9.17, 15) is 35.9 Å². The number of hydrogen-bond acceptors (Lipinski definition) is 4. The van der Waals surface area contributed by atoms with Crippen LogP contribution < -0.4 is 4.74 Å². The molecule has 0 saturated carbocycles. The molecule has 2 aromatic carbocycles. The predicted molar refractivity (Wildman–Crippen MR) is 129 cm³/mol. The molecule has 1 aromatic heterocycles. The van der Waals surface area contributed by atoms with Gasteiger partial charge in [-0.2, -0.15) is 26.3 Å². The van der Waals surface area contributed by atoms with Crippen molar-refractivity contribution < 1.29 is 45.8 Å². The summed E-state index contributed by atoms with van der Waals surface area (Å²) in [5, 5.41) is 9.08. The summed E-state index contributed by atoms with van der Waals surface area (Å²) in [5.74, 6) is -1.33. The van der Waals surface area contributed by atoms with E-state index in [4.69, 9.17) is 9.84 Å². The van der Waals surface area contributed by atoms with Crippen LogP contribution in [0.2, 0.25) is 0 Å². The van der Waals surface area contributed by atoms with E-state index in [-0.39, 0.29) is 47.0 Å². The third-order valence-electron chi connectivity index (χ3n) is 6.61. The number of nitrogens with zero attached hydrogens (tertiary/aromatic N) is 2. The van der Waals surface area contributed by atoms with E-state index in [1.165, 1.54) is 30.0 Å². The van der Waals surface area contributed by atoms with Gasteiger partial charge in [0.2, 0.25) is 0 Å². The quantitative estimate of drug-likeness (QED) is 0.356. The zero-order valence-corrected chi connectivity index (χ0v) is 20.6. The first-order valence-electron chi connectivity index (χ1n) is 12.1. The number of fused-ring (bicyclic) bond motifs is 1. The Morgan fingerprint density at radius 2 is 1.74 bits per heavy atom. The molecular formula is C27H24F6N2O4. The molecule has 12 heteroatoms. The van der Waals surface area contributed by atoms with Crippen LogP contribution in [0.3, 0.4) is 0 Å². The van der Waals surface area contributed by atoms with Gasteiger partial charge in [-0.1, -0.05) is 6.07 Å². The van der Waals surface area contributed by atoms with Crippen LogP contribution in [-0.4, -0.2) is 46.1 Å². The van der Waals surface area contributed by atoms with Gasteiger partial charge in [-0.25, -0.2) is 0 Å². The van der Waals surface area contributed by atoms with Crippen molar-refractivity contribution in [2.75, 3.05) is 13.1 Å². The monoisotopic (exact) mass is 554 g/mol. The maximum atomic E-state index is 13.8. The summed E-state index contributed by atoms with van der Waals surface area (Å²) >= 11 is 0. The number of carboxylic acid groups (broad SMARTS) is 1. The van der Waals surface area contributed by atoms with E-state index >= 15 is 0 Å². The zero-order valence-electron chi connectivity index (χ0n) is 20.6. The molecule has 0 aliphatic carbocycles. The van der Waals surface area contributed by atoms with Gasteiger partial charge in [0.15, 0.2) is 6.10 Å². The molecule has 1 amide bonds. The Morgan fingerprint density at radius 1 is 1.08 bits per heavy atom. The Kier molecular flexibility index (Phi) is 7.76. The first kappa shape index (κ1) is 28.2. The van der Waals surface area contributed by atoms with Gasteiger partial charge in [0.1, 0.15) is 5.75 Å². The van der Waals surface area contributed by atoms with Gasteiger partial charge in [0, 0.05) is 42.7 Å². The molecule has 0 radical (unpaired) electrons. The summed E-state index contributed by atoms with van der Waals surface area (Å²) in [6.45, 7) is 2.24. The molecule has 1 fully saturated rings. The van der Waals surface area contributed by atoms with Crippen molar-refractivity contribution in [3.05, 3.63) is 59.8 Å². The fourth-order valence-corrected chi connectivity index (χ4v) is 4.92. The highest BCUT2D eigenvalue weighted by Crippen LogP contribution is 2.46. The predicted octanol–water partition coefficient (Wildman–Crippen LogP) is 6.42. The molecule has 1 unspecified atom stereocenters. The molecule has 3 aromatic rings. The maximum absolute atomic E-state index is 13.8. The topological polar surface area (TPSA) is 79.7 Å². The Bertz CT molecular complexity index is 1360. The number of aromatic nitrogens is 1. The van der Waals surface area contributed by atoms with Gasteiger partial charge in [-0.05, 0) is 61.6 Å². The average Bonchev–Trinajstić information content (AvgIpc) is 2.86. The summed E-state index contributed by atoms with van der Waals surface area (Å²) < 4.78 is 88.3. The Hall–Kier alpha value is -3.83. The van der Waals surface area contributed by atoms with Crippen molar-refractivity contribution >= 4 is 22.8 Å². The fraction of sp³-hybridized carbons (Fsp3) is 0.370. The largest absolute Gasteiger partial charge is 0.481 e. The number of aliphatic carboxylic acids is 1. The second-order valence-electron chi connectivity index (χ2n) is 9.41. The molecule has 39 heavy (non-hydrogen) atoms. The van der Waals surface area contributed by atoms with Crippen LogP contribution in [0.1, 0.15) is 37.3 Å². The van der Waals surface area contributed by atoms with Crippen LogP contribution in [0.15, 0.2) is 48.7 Å². The number of carboxylic acids is 1. The van der Waals surface area contributed by atoms with Crippen LogP contribution in [0.5, 0.6) is 5.75 Å². The van der Waals surface area contributed by atoms with E-state index in [1.54, 1.807) is 0 Å². The number of benzene rings is 2. The van der Waals surface area contributed by atoms with Crippen LogP contribution in [0.25, 0.3) is 22.0 Å². The van der Waals surface area contributed by atoms with Crippen LogP contribution >= 0.6 is 0 Å². The van der Waals surface area contributed by atoms with Gasteiger partial charge < -0.3 is 14.7 Å². The highest BCUT2D eigenvalue weighted by Gasteiger charge is 2.41. The van der Waals surface area contributed by atoms with Gasteiger partial charge >= 0.3 is 18.3 Å². The minimum absolute atomic E-state index is 0.0403. The minimum Gasteiger partial charge on any atom is -0.481 e. The normalized spacial score (nSPS) is 17.2. The van der Waals surface area contributed by atoms with Crippen LogP contribution in [0, 0.1) is 5.92 Å². The Balaban J connectivity index is 1.64. The summed E-state index contributed by atoms with van der Waals surface area (Å²) in [6, 6.07) is 7.02. The molecule has 4 rings (SSSR count). The van der Waals surface area contributed by atoms with E-state index in [1.807, 2.05) is 0 Å². The number of pyridine rings is 1. The van der Waals surface area contributed by atoms with Crippen molar-refractivity contribution in [3.8, 4) is 16.9 Å². The number of carbonyl (C=O) groups is 2. The molecular weight excluding hydrogens is 530 g/mol. The summed E-state index contributed by atoms with van der Waals surface area (Å²) in [5.41, 5.74) is -4.06. The fourth-order valence-electron chi connectivity index (χ4n) is 4.92. The van der Waals surface area contributed by atoms with Crippen LogP contribution in [-0.2, 0) is 21.9 Å². The third kappa shape index (κ3) is 6.26. The SMILES string of the molecule is CC(Oc1ccc2c(-c3c(C(F)(F)F)cccc3C(F)(F)F)ccnc2c1)C(=O)N1CCC[C@H](CC(=O)O)C1. The second kappa shape index (κ2) is 10.7. The standard InChI is InChI=1S/C27H24F6N2O4/c1-15(25(38)35-11-3-4-16(14-35)12-23(36)37)39-17-7-8-18-19(9-10-34-22(18)13-17)24-20(26(28,29)30)5-2-6-21(24)27(31,32)33/h2,5-10,13,15-16H,3-4,11-12,14H2,1H3,(H,36,37)/t15?,16-/m1/s1. The smallest absolute Gasteiger partial charge is 0.417 e. The molecule has 6 nitrogen and oxygen atoms in total. The number of alkyl halides is 6. The van der Waals surface area contributed by atoms with Gasteiger partial charge in [-0.3, -0.25) is 14.6 Å². The molecule has 1 N–H and O–H groups in total. The molecule has 0 spiro atoms. The molecule has 0 bridgehead atoms. The van der Waals surface area contributed by atoms with E-state index < -0.39 is 41.1 Å². The van der Waals surface area contributed by atoms with Crippen molar-refractivity contribution in [1.82, 2.24) is 9.88 Å². The zero-order chi connectivity index (χ0) is 28.5. The van der Waals surface area contributed by atoms with Crippen molar-refractivity contribution in [2.45, 2.75) is 44.6 Å².